The Bertz CT molecular complexity index is 465. The summed E-state index contributed by atoms with van der Waals surface area (Å²) in [7, 11) is 1.27. The molecule has 1 amide bonds. The second-order valence-electron chi connectivity index (χ2n) is 4.90. The number of anilines is 2. The fourth-order valence-electron chi connectivity index (χ4n) is 2.32. The van der Waals surface area contributed by atoms with Gasteiger partial charge in [-0.1, -0.05) is 0 Å². The standard InChI is InChI=1S/C15H20N2O3/c1-20-15(19)11-14(18)16-12-5-7-13(8-6-12)17-9-3-2-4-10-17/h5-8H,2-4,9-11H2,1H3,(H,16,18). The topological polar surface area (TPSA) is 58.6 Å². The van der Waals surface area contributed by atoms with Crippen LogP contribution < -0.4 is 10.2 Å². The van der Waals surface area contributed by atoms with Crippen LogP contribution in [0.1, 0.15) is 25.7 Å². The maximum Gasteiger partial charge on any atom is 0.315 e. The van der Waals surface area contributed by atoms with Gasteiger partial charge in [0.2, 0.25) is 5.91 Å². The second-order valence-corrected chi connectivity index (χ2v) is 4.90. The van der Waals surface area contributed by atoms with Crippen LogP contribution in [0.5, 0.6) is 0 Å². The number of nitrogens with zero attached hydrogens (tertiary/aromatic N) is 1. The average molecular weight is 276 g/mol. The van der Waals surface area contributed by atoms with Crippen LogP contribution in [0.3, 0.4) is 0 Å². The highest BCUT2D eigenvalue weighted by molar-refractivity contribution is 6.01. The van der Waals surface area contributed by atoms with Gasteiger partial charge < -0.3 is 15.0 Å². The first-order valence-electron chi connectivity index (χ1n) is 6.91. The van der Waals surface area contributed by atoms with Gasteiger partial charge in [-0.2, -0.15) is 0 Å². The molecule has 1 saturated heterocycles. The number of ether oxygens (including phenoxy) is 1. The van der Waals surface area contributed by atoms with E-state index in [1.165, 1.54) is 32.1 Å². The van der Waals surface area contributed by atoms with Gasteiger partial charge in [-0.05, 0) is 43.5 Å². The molecule has 0 radical (unpaired) electrons. The summed E-state index contributed by atoms with van der Waals surface area (Å²) in [5, 5.41) is 2.68. The van der Waals surface area contributed by atoms with Gasteiger partial charge in [0, 0.05) is 24.5 Å². The van der Waals surface area contributed by atoms with E-state index >= 15 is 0 Å². The van der Waals surface area contributed by atoms with E-state index in [-0.39, 0.29) is 12.3 Å². The first-order chi connectivity index (χ1) is 9.69. The number of carbonyl (C=O) groups excluding carboxylic acids is 2. The molecule has 5 heteroatoms. The molecule has 1 aliphatic heterocycles. The lowest BCUT2D eigenvalue weighted by Crippen LogP contribution is -2.29. The number of carbonyl (C=O) groups is 2. The summed E-state index contributed by atoms with van der Waals surface area (Å²) in [6, 6.07) is 7.72. The molecule has 1 N–H and O–H groups in total. The molecule has 1 heterocycles. The number of hydrogen-bond acceptors (Lipinski definition) is 4. The lowest BCUT2D eigenvalue weighted by molar-refractivity contribution is -0.142. The zero-order valence-corrected chi connectivity index (χ0v) is 11.7. The van der Waals surface area contributed by atoms with Crippen molar-refractivity contribution in [1.82, 2.24) is 0 Å². The number of nitrogens with one attached hydrogen (secondary N) is 1. The molecule has 1 aromatic carbocycles. The molecule has 0 saturated carbocycles. The number of hydrogen-bond donors (Lipinski definition) is 1. The summed E-state index contributed by atoms with van der Waals surface area (Å²) in [5.74, 6) is -0.894. The zero-order valence-electron chi connectivity index (χ0n) is 11.7. The summed E-state index contributed by atoms with van der Waals surface area (Å²) in [5.41, 5.74) is 1.87. The Hall–Kier alpha value is -2.04. The van der Waals surface area contributed by atoms with E-state index in [1.54, 1.807) is 0 Å². The first-order valence-corrected chi connectivity index (χ1v) is 6.91. The van der Waals surface area contributed by atoms with Crippen LogP contribution in [0.25, 0.3) is 0 Å². The van der Waals surface area contributed by atoms with Crippen molar-refractivity contribution in [3.63, 3.8) is 0 Å². The van der Waals surface area contributed by atoms with Gasteiger partial charge in [0.05, 0.1) is 7.11 Å². The van der Waals surface area contributed by atoms with Crippen LogP contribution in [-0.4, -0.2) is 32.1 Å². The number of rotatable bonds is 4. The normalized spacial score (nSPS) is 14.8. The second kappa shape index (κ2) is 6.93. The van der Waals surface area contributed by atoms with Gasteiger partial charge in [-0.3, -0.25) is 9.59 Å². The third kappa shape index (κ3) is 3.98. The Morgan fingerprint density at radius 3 is 2.40 bits per heavy atom. The number of methoxy groups -OCH3 is 1. The highest BCUT2D eigenvalue weighted by Crippen LogP contribution is 2.21. The Morgan fingerprint density at radius 1 is 1.15 bits per heavy atom. The van der Waals surface area contributed by atoms with Crippen molar-refractivity contribution in [2.24, 2.45) is 0 Å². The number of amides is 1. The van der Waals surface area contributed by atoms with Crippen LogP contribution in [0.15, 0.2) is 24.3 Å². The van der Waals surface area contributed by atoms with Crippen molar-refractivity contribution in [2.75, 3.05) is 30.4 Å². The number of benzene rings is 1. The molecule has 0 spiro atoms. The molecule has 5 nitrogen and oxygen atoms in total. The minimum Gasteiger partial charge on any atom is -0.469 e. The number of piperidine rings is 1. The SMILES string of the molecule is COC(=O)CC(=O)Nc1ccc(N2CCCCC2)cc1. The Kier molecular flexibility index (Phi) is 4.98. The molecular formula is C15H20N2O3. The van der Waals surface area contributed by atoms with Crippen LogP contribution in [0.4, 0.5) is 11.4 Å². The van der Waals surface area contributed by atoms with E-state index in [2.05, 4.69) is 15.0 Å². The zero-order chi connectivity index (χ0) is 14.4. The first kappa shape index (κ1) is 14.4. The highest BCUT2D eigenvalue weighted by atomic mass is 16.5. The van der Waals surface area contributed by atoms with E-state index in [4.69, 9.17) is 0 Å². The molecular weight excluding hydrogens is 256 g/mol. The summed E-state index contributed by atoms with van der Waals surface area (Å²) < 4.78 is 4.45. The Labute approximate surface area is 118 Å². The third-order valence-corrected chi connectivity index (χ3v) is 3.40. The predicted molar refractivity (Wildman–Crippen MR) is 77.8 cm³/mol. The van der Waals surface area contributed by atoms with Crippen molar-refractivity contribution < 1.29 is 14.3 Å². The van der Waals surface area contributed by atoms with Crippen LogP contribution in [0, 0.1) is 0 Å². The van der Waals surface area contributed by atoms with Crippen molar-refractivity contribution in [3.8, 4) is 0 Å². The smallest absolute Gasteiger partial charge is 0.315 e. The summed E-state index contributed by atoms with van der Waals surface area (Å²) >= 11 is 0. The molecule has 0 atom stereocenters. The maximum atomic E-state index is 11.5. The third-order valence-electron chi connectivity index (χ3n) is 3.40. The molecule has 0 aliphatic carbocycles. The highest BCUT2D eigenvalue weighted by Gasteiger charge is 2.12. The van der Waals surface area contributed by atoms with E-state index in [0.29, 0.717) is 5.69 Å². The van der Waals surface area contributed by atoms with Crippen molar-refractivity contribution in [3.05, 3.63) is 24.3 Å². The molecule has 20 heavy (non-hydrogen) atoms. The predicted octanol–water partition coefficient (Wildman–Crippen LogP) is 2.18. The van der Waals surface area contributed by atoms with Gasteiger partial charge in [-0.15, -0.1) is 0 Å². The molecule has 1 aromatic rings. The quantitative estimate of drug-likeness (QED) is 0.676. The van der Waals surface area contributed by atoms with Gasteiger partial charge in [-0.25, -0.2) is 0 Å². The largest absolute Gasteiger partial charge is 0.469 e. The van der Waals surface area contributed by atoms with E-state index in [9.17, 15) is 9.59 Å². The van der Waals surface area contributed by atoms with Gasteiger partial charge >= 0.3 is 5.97 Å². The molecule has 0 unspecified atom stereocenters. The van der Waals surface area contributed by atoms with E-state index in [0.717, 1.165) is 13.1 Å². The summed E-state index contributed by atoms with van der Waals surface area (Å²) in [4.78, 5) is 24.9. The molecule has 0 bridgehead atoms. The fraction of sp³-hybridized carbons (Fsp3) is 0.467. The lowest BCUT2D eigenvalue weighted by Gasteiger charge is -2.28. The monoisotopic (exact) mass is 276 g/mol. The van der Waals surface area contributed by atoms with Gasteiger partial charge in [0.15, 0.2) is 0 Å². The fourth-order valence-corrected chi connectivity index (χ4v) is 2.32. The maximum absolute atomic E-state index is 11.5. The van der Waals surface area contributed by atoms with Crippen molar-refractivity contribution in [1.29, 1.82) is 0 Å². The van der Waals surface area contributed by atoms with Gasteiger partial charge in [0.25, 0.3) is 0 Å². The molecule has 1 aliphatic rings. The Balaban J connectivity index is 1.90. The van der Waals surface area contributed by atoms with Crippen LogP contribution >= 0.6 is 0 Å². The lowest BCUT2D eigenvalue weighted by atomic mass is 10.1. The van der Waals surface area contributed by atoms with E-state index in [1.807, 2.05) is 24.3 Å². The molecule has 0 aromatic heterocycles. The molecule has 1 fully saturated rings. The minimum atomic E-state index is -0.535. The minimum absolute atomic E-state index is 0.260. The van der Waals surface area contributed by atoms with Gasteiger partial charge in [0.1, 0.15) is 6.42 Å². The summed E-state index contributed by atoms with van der Waals surface area (Å²) in [6.45, 7) is 2.18. The summed E-state index contributed by atoms with van der Waals surface area (Å²) in [6.07, 6.45) is 3.51. The Morgan fingerprint density at radius 2 is 1.80 bits per heavy atom. The number of esters is 1. The van der Waals surface area contributed by atoms with Crippen LogP contribution in [-0.2, 0) is 14.3 Å². The van der Waals surface area contributed by atoms with Crippen molar-refractivity contribution in [2.45, 2.75) is 25.7 Å². The molecule has 108 valence electrons. The van der Waals surface area contributed by atoms with E-state index < -0.39 is 5.97 Å². The molecule has 2 rings (SSSR count). The van der Waals surface area contributed by atoms with Crippen molar-refractivity contribution >= 4 is 23.3 Å². The van der Waals surface area contributed by atoms with Crippen LogP contribution in [0.2, 0.25) is 0 Å². The average Bonchev–Trinajstić information content (AvgIpc) is 2.48.